The molecule has 0 spiro atoms. The number of nitrogens with two attached hydrogens (primary N) is 1. The zero-order valence-electron chi connectivity index (χ0n) is 12.6. The van der Waals surface area contributed by atoms with Gasteiger partial charge in [0.2, 0.25) is 15.9 Å². The van der Waals surface area contributed by atoms with Crippen LogP contribution in [0.3, 0.4) is 0 Å². The molecule has 1 saturated heterocycles. The lowest BCUT2D eigenvalue weighted by Gasteiger charge is -2.33. The van der Waals surface area contributed by atoms with Crippen molar-refractivity contribution in [2.75, 3.05) is 31.5 Å². The molecule has 1 fully saturated rings. The highest BCUT2D eigenvalue weighted by atomic mass is 32.2. The van der Waals surface area contributed by atoms with Gasteiger partial charge in [-0.25, -0.2) is 13.6 Å². The summed E-state index contributed by atoms with van der Waals surface area (Å²) >= 11 is 0. The van der Waals surface area contributed by atoms with Crippen molar-refractivity contribution >= 4 is 21.6 Å². The Morgan fingerprint density at radius 1 is 1.50 bits per heavy atom. The molecule has 1 aromatic rings. The van der Waals surface area contributed by atoms with Crippen LogP contribution in [0.5, 0.6) is 0 Å². The summed E-state index contributed by atoms with van der Waals surface area (Å²) in [6, 6.07) is 6.36. The monoisotopic (exact) mass is 326 g/mol. The SMILES string of the molecule is C[C@H]1CNCCN1CCC(=O)Nc1cccc(S(N)(=O)=O)c1. The average Bonchev–Trinajstić information content (AvgIpc) is 2.46. The van der Waals surface area contributed by atoms with Crippen molar-refractivity contribution in [3.63, 3.8) is 0 Å². The van der Waals surface area contributed by atoms with Gasteiger partial charge in [-0.3, -0.25) is 9.69 Å². The minimum atomic E-state index is -3.76. The Morgan fingerprint density at radius 2 is 2.27 bits per heavy atom. The first kappa shape index (κ1) is 16.9. The van der Waals surface area contributed by atoms with E-state index >= 15 is 0 Å². The van der Waals surface area contributed by atoms with E-state index in [2.05, 4.69) is 22.5 Å². The number of nitrogens with zero attached hydrogens (tertiary/aromatic N) is 1. The number of sulfonamides is 1. The molecule has 0 aromatic heterocycles. The zero-order valence-corrected chi connectivity index (χ0v) is 13.4. The molecule has 22 heavy (non-hydrogen) atoms. The summed E-state index contributed by atoms with van der Waals surface area (Å²) < 4.78 is 22.6. The summed E-state index contributed by atoms with van der Waals surface area (Å²) in [4.78, 5) is 14.2. The zero-order chi connectivity index (χ0) is 16.2. The van der Waals surface area contributed by atoms with E-state index in [0.29, 0.717) is 24.7 Å². The van der Waals surface area contributed by atoms with Gasteiger partial charge in [0.1, 0.15) is 0 Å². The van der Waals surface area contributed by atoms with Crippen LogP contribution in [0, 0.1) is 0 Å². The van der Waals surface area contributed by atoms with Crippen LogP contribution in [0.15, 0.2) is 29.2 Å². The normalized spacial score (nSPS) is 19.8. The van der Waals surface area contributed by atoms with E-state index in [9.17, 15) is 13.2 Å². The molecule has 122 valence electrons. The number of amides is 1. The molecule has 0 bridgehead atoms. The number of benzene rings is 1. The van der Waals surface area contributed by atoms with Gasteiger partial charge in [-0.05, 0) is 25.1 Å². The number of carbonyl (C=O) groups is 1. The Morgan fingerprint density at radius 3 is 2.95 bits per heavy atom. The molecule has 0 radical (unpaired) electrons. The third-order valence-corrected chi connectivity index (χ3v) is 4.62. The fourth-order valence-corrected chi connectivity index (χ4v) is 2.99. The molecule has 1 aromatic carbocycles. The standard InChI is InChI=1S/C14H22N4O3S/c1-11-10-16-6-8-18(11)7-5-14(19)17-12-3-2-4-13(9-12)22(15,20)21/h2-4,9,11,16H,5-8,10H2,1H3,(H,17,19)(H2,15,20,21)/t11-/m0/s1. The summed E-state index contributed by atoms with van der Waals surface area (Å²) in [6.07, 6.45) is 0.365. The predicted octanol–water partition coefficient (Wildman–Crippen LogP) is -0.0437. The fourth-order valence-electron chi connectivity index (χ4n) is 2.43. The fraction of sp³-hybridized carbons (Fsp3) is 0.500. The highest BCUT2D eigenvalue weighted by molar-refractivity contribution is 7.89. The van der Waals surface area contributed by atoms with Crippen molar-refractivity contribution in [1.82, 2.24) is 10.2 Å². The molecule has 1 aliphatic rings. The average molecular weight is 326 g/mol. The van der Waals surface area contributed by atoms with Crippen molar-refractivity contribution in [2.24, 2.45) is 5.14 Å². The molecular formula is C14H22N4O3S. The van der Waals surface area contributed by atoms with Gasteiger partial charge in [0, 0.05) is 44.3 Å². The van der Waals surface area contributed by atoms with Crippen LogP contribution in [0.1, 0.15) is 13.3 Å². The molecule has 2 rings (SSSR count). The molecule has 1 amide bonds. The number of rotatable bonds is 5. The topological polar surface area (TPSA) is 105 Å². The first-order chi connectivity index (χ1) is 10.4. The van der Waals surface area contributed by atoms with Crippen LogP contribution < -0.4 is 15.8 Å². The van der Waals surface area contributed by atoms with E-state index in [0.717, 1.165) is 19.6 Å². The van der Waals surface area contributed by atoms with E-state index in [1.165, 1.54) is 12.1 Å². The number of carbonyl (C=O) groups excluding carboxylic acids is 1. The maximum absolute atomic E-state index is 12.0. The highest BCUT2D eigenvalue weighted by Crippen LogP contribution is 2.14. The summed E-state index contributed by atoms with van der Waals surface area (Å²) in [5.74, 6) is -0.141. The van der Waals surface area contributed by atoms with Gasteiger partial charge in [-0.2, -0.15) is 0 Å². The number of anilines is 1. The predicted molar refractivity (Wildman–Crippen MR) is 85.0 cm³/mol. The summed E-state index contributed by atoms with van der Waals surface area (Å²) in [5.41, 5.74) is 0.435. The van der Waals surface area contributed by atoms with E-state index in [1.54, 1.807) is 12.1 Å². The highest BCUT2D eigenvalue weighted by Gasteiger charge is 2.18. The minimum absolute atomic E-state index is 0.0129. The number of nitrogens with one attached hydrogen (secondary N) is 2. The Labute approximate surface area is 130 Å². The van der Waals surface area contributed by atoms with Gasteiger partial charge < -0.3 is 10.6 Å². The van der Waals surface area contributed by atoms with Crippen molar-refractivity contribution in [1.29, 1.82) is 0 Å². The van der Waals surface area contributed by atoms with Crippen molar-refractivity contribution in [3.8, 4) is 0 Å². The van der Waals surface area contributed by atoms with Crippen LogP contribution in [0.25, 0.3) is 0 Å². The minimum Gasteiger partial charge on any atom is -0.326 e. The second-order valence-electron chi connectivity index (χ2n) is 5.46. The van der Waals surface area contributed by atoms with Gasteiger partial charge in [-0.15, -0.1) is 0 Å². The Hall–Kier alpha value is -1.48. The smallest absolute Gasteiger partial charge is 0.238 e. The molecule has 7 nitrogen and oxygen atoms in total. The number of primary sulfonamides is 1. The van der Waals surface area contributed by atoms with E-state index in [1.807, 2.05) is 0 Å². The number of hydrogen-bond acceptors (Lipinski definition) is 5. The maximum Gasteiger partial charge on any atom is 0.238 e. The molecular weight excluding hydrogens is 304 g/mol. The van der Waals surface area contributed by atoms with Gasteiger partial charge in [0.25, 0.3) is 0 Å². The van der Waals surface area contributed by atoms with Gasteiger partial charge in [0.15, 0.2) is 0 Å². The molecule has 0 aliphatic carbocycles. The first-order valence-corrected chi connectivity index (χ1v) is 8.78. The van der Waals surface area contributed by atoms with Crippen LogP contribution in [0.4, 0.5) is 5.69 Å². The van der Waals surface area contributed by atoms with Crippen LogP contribution >= 0.6 is 0 Å². The molecule has 4 N–H and O–H groups in total. The third-order valence-electron chi connectivity index (χ3n) is 3.71. The quantitative estimate of drug-likeness (QED) is 0.704. The maximum atomic E-state index is 12.0. The lowest BCUT2D eigenvalue weighted by molar-refractivity contribution is -0.116. The summed E-state index contributed by atoms with van der Waals surface area (Å²) in [5, 5.41) is 11.1. The first-order valence-electron chi connectivity index (χ1n) is 7.24. The van der Waals surface area contributed by atoms with E-state index < -0.39 is 10.0 Å². The van der Waals surface area contributed by atoms with Crippen molar-refractivity contribution in [2.45, 2.75) is 24.3 Å². The van der Waals surface area contributed by atoms with E-state index in [4.69, 9.17) is 5.14 Å². The van der Waals surface area contributed by atoms with Crippen LogP contribution in [-0.2, 0) is 14.8 Å². The van der Waals surface area contributed by atoms with Crippen molar-refractivity contribution < 1.29 is 13.2 Å². The van der Waals surface area contributed by atoms with Crippen molar-refractivity contribution in [3.05, 3.63) is 24.3 Å². The van der Waals surface area contributed by atoms with Crippen LogP contribution in [-0.4, -0.2) is 51.4 Å². The van der Waals surface area contributed by atoms with Gasteiger partial charge in [-0.1, -0.05) is 6.07 Å². The number of piperazine rings is 1. The van der Waals surface area contributed by atoms with Crippen LogP contribution in [0.2, 0.25) is 0 Å². The molecule has 0 unspecified atom stereocenters. The largest absolute Gasteiger partial charge is 0.326 e. The number of hydrogen-bond donors (Lipinski definition) is 3. The van der Waals surface area contributed by atoms with Gasteiger partial charge in [0.05, 0.1) is 4.90 Å². The Bertz CT molecular complexity index is 633. The molecule has 1 aliphatic heterocycles. The summed E-state index contributed by atoms with van der Waals surface area (Å²) in [7, 11) is -3.76. The lowest BCUT2D eigenvalue weighted by Crippen LogP contribution is -2.50. The lowest BCUT2D eigenvalue weighted by atomic mass is 10.2. The molecule has 0 saturated carbocycles. The molecule has 1 atom stereocenters. The van der Waals surface area contributed by atoms with Gasteiger partial charge >= 0.3 is 0 Å². The Kier molecular flexibility index (Phi) is 5.52. The third kappa shape index (κ3) is 4.77. The second-order valence-corrected chi connectivity index (χ2v) is 7.02. The molecule has 1 heterocycles. The Balaban J connectivity index is 1.89. The second kappa shape index (κ2) is 7.19. The molecule has 8 heteroatoms. The van der Waals surface area contributed by atoms with E-state index in [-0.39, 0.29) is 10.8 Å². The summed E-state index contributed by atoms with van der Waals surface area (Å²) in [6.45, 7) is 5.60.